The lowest BCUT2D eigenvalue weighted by molar-refractivity contribution is 0.271. The van der Waals surface area contributed by atoms with E-state index in [9.17, 15) is 0 Å². The van der Waals surface area contributed by atoms with Crippen molar-refractivity contribution in [2.45, 2.75) is 32.8 Å². The van der Waals surface area contributed by atoms with E-state index in [0.717, 1.165) is 5.56 Å². The fourth-order valence-corrected chi connectivity index (χ4v) is 2.60. The first-order chi connectivity index (χ1) is 12.4. The topological polar surface area (TPSA) is 96.2 Å². The standard InChI is InChI=1S/C17H19N7O2/c1-17(2,3)11-8-14-19-20-15(12-6-5-7-25-12)24(14)22-16(11)26-9-13-18-10-23(4)21-13/h5-8,10H,9H2,1-4H3. The second kappa shape index (κ2) is 5.94. The first kappa shape index (κ1) is 16.2. The molecule has 0 aromatic carbocycles. The largest absolute Gasteiger partial charge is 0.468 e. The van der Waals surface area contributed by atoms with Crippen molar-refractivity contribution in [2.75, 3.05) is 0 Å². The van der Waals surface area contributed by atoms with Gasteiger partial charge in [0.2, 0.25) is 11.7 Å². The molecule has 4 aromatic rings. The average Bonchev–Trinajstić information content (AvgIpc) is 3.31. The Bertz CT molecular complexity index is 1040. The van der Waals surface area contributed by atoms with E-state index >= 15 is 0 Å². The van der Waals surface area contributed by atoms with Gasteiger partial charge >= 0.3 is 0 Å². The van der Waals surface area contributed by atoms with Gasteiger partial charge in [0, 0.05) is 12.6 Å². The number of hydrogen-bond acceptors (Lipinski definition) is 7. The molecule has 0 spiro atoms. The zero-order chi connectivity index (χ0) is 18.3. The normalized spacial score (nSPS) is 12.0. The highest BCUT2D eigenvalue weighted by Crippen LogP contribution is 2.31. The Hall–Kier alpha value is -3.23. The average molecular weight is 353 g/mol. The maximum Gasteiger partial charge on any atom is 0.236 e. The Morgan fingerprint density at radius 1 is 1.19 bits per heavy atom. The predicted octanol–water partition coefficient (Wildman–Crippen LogP) is 2.39. The van der Waals surface area contributed by atoms with Crippen LogP contribution < -0.4 is 4.74 Å². The lowest BCUT2D eigenvalue weighted by atomic mass is 9.88. The molecule has 4 aromatic heterocycles. The molecule has 0 radical (unpaired) electrons. The van der Waals surface area contributed by atoms with Crippen LogP contribution in [0, 0.1) is 0 Å². The third-order valence-corrected chi connectivity index (χ3v) is 3.89. The van der Waals surface area contributed by atoms with E-state index in [1.165, 1.54) is 0 Å². The van der Waals surface area contributed by atoms with E-state index in [2.05, 4.69) is 46.1 Å². The molecule has 4 heterocycles. The Balaban J connectivity index is 1.78. The fraction of sp³-hybridized carbons (Fsp3) is 0.353. The van der Waals surface area contributed by atoms with Crippen molar-refractivity contribution < 1.29 is 9.15 Å². The van der Waals surface area contributed by atoms with Crippen molar-refractivity contribution in [1.82, 2.24) is 34.6 Å². The highest BCUT2D eigenvalue weighted by Gasteiger charge is 2.24. The molecule has 0 unspecified atom stereocenters. The van der Waals surface area contributed by atoms with Crippen LogP contribution >= 0.6 is 0 Å². The molecule has 134 valence electrons. The van der Waals surface area contributed by atoms with E-state index < -0.39 is 0 Å². The molecule has 9 heteroatoms. The van der Waals surface area contributed by atoms with Gasteiger partial charge in [0.15, 0.2) is 23.8 Å². The molecule has 0 aliphatic carbocycles. The molecule has 0 saturated carbocycles. The molecule has 0 fully saturated rings. The molecular weight excluding hydrogens is 334 g/mol. The highest BCUT2D eigenvalue weighted by molar-refractivity contribution is 5.55. The molecule has 0 aliphatic rings. The van der Waals surface area contributed by atoms with Gasteiger partial charge < -0.3 is 9.15 Å². The van der Waals surface area contributed by atoms with Gasteiger partial charge in [0.1, 0.15) is 6.33 Å². The molecular formula is C17H19N7O2. The zero-order valence-corrected chi connectivity index (χ0v) is 15.0. The molecule has 0 atom stereocenters. The molecule has 9 nitrogen and oxygen atoms in total. The van der Waals surface area contributed by atoms with Crippen LogP contribution in [-0.2, 0) is 19.1 Å². The minimum Gasteiger partial charge on any atom is -0.468 e. The number of aromatic nitrogens is 7. The number of fused-ring (bicyclic) bond motifs is 1. The minimum atomic E-state index is -0.182. The van der Waals surface area contributed by atoms with Crippen molar-refractivity contribution in [3.05, 3.63) is 42.2 Å². The van der Waals surface area contributed by atoms with E-state index in [1.807, 2.05) is 19.2 Å². The summed E-state index contributed by atoms with van der Waals surface area (Å²) in [6.07, 6.45) is 3.22. The first-order valence-corrected chi connectivity index (χ1v) is 8.20. The van der Waals surface area contributed by atoms with Crippen molar-refractivity contribution in [2.24, 2.45) is 7.05 Å². The summed E-state index contributed by atoms with van der Waals surface area (Å²) in [5, 5.41) is 17.3. The number of nitrogens with zero attached hydrogens (tertiary/aromatic N) is 7. The van der Waals surface area contributed by atoms with E-state index in [1.54, 1.807) is 27.9 Å². The molecule has 26 heavy (non-hydrogen) atoms. The third kappa shape index (κ3) is 2.92. The van der Waals surface area contributed by atoms with Crippen molar-refractivity contribution in [3.8, 4) is 17.5 Å². The van der Waals surface area contributed by atoms with Gasteiger partial charge in [-0.2, -0.15) is 9.61 Å². The van der Waals surface area contributed by atoms with Gasteiger partial charge in [-0.25, -0.2) is 4.98 Å². The van der Waals surface area contributed by atoms with Crippen LogP contribution in [0.3, 0.4) is 0 Å². The van der Waals surface area contributed by atoms with Crippen LogP contribution in [0.25, 0.3) is 17.2 Å². The van der Waals surface area contributed by atoms with Crippen LogP contribution in [0.1, 0.15) is 32.2 Å². The summed E-state index contributed by atoms with van der Waals surface area (Å²) in [6, 6.07) is 5.55. The number of aryl methyl sites for hydroxylation is 1. The summed E-state index contributed by atoms with van der Waals surface area (Å²) in [5.74, 6) is 2.19. The van der Waals surface area contributed by atoms with Crippen LogP contribution in [0.4, 0.5) is 0 Å². The first-order valence-electron chi connectivity index (χ1n) is 8.20. The van der Waals surface area contributed by atoms with E-state index in [4.69, 9.17) is 9.15 Å². The highest BCUT2D eigenvalue weighted by atomic mass is 16.5. The Kier molecular flexibility index (Phi) is 3.71. The van der Waals surface area contributed by atoms with Crippen LogP contribution in [0.2, 0.25) is 0 Å². The van der Waals surface area contributed by atoms with Crippen LogP contribution in [0.5, 0.6) is 5.88 Å². The molecule has 0 N–H and O–H groups in total. The zero-order valence-electron chi connectivity index (χ0n) is 15.0. The summed E-state index contributed by atoms with van der Waals surface area (Å²) in [6.45, 7) is 6.50. The van der Waals surface area contributed by atoms with Crippen molar-refractivity contribution in [3.63, 3.8) is 0 Å². The van der Waals surface area contributed by atoms with Gasteiger partial charge in [-0.1, -0.05) is 20.8 Å². The SMILES string of the molecule is Cn1cnc(COc2nn3c(-c4ccco4)nnc3cc2C(C)(C)C)n1. The van der Waals surface area contributed by atoms with E-state index in [0.29, 0.717) is 28.9 Å². The second-order valence-corrected chi connectivity index (χ2v) is 7.01. The Labute approximate surface area is 149 Å². The van der Waals surface area contributed by atoms with E-state index in [-0.39, 0.29) is 12.0 Å². The minimum absolute atomic E-state index is 0.182. The molecule has 0 amide bonds. The maximum atomic E-state index is 5.96. The summed E-state index contributed by atoms with van der Waals surface area (Å²) in [5.41, 5.74) is 1.38. The quantitative estimate of drug-likeness (QED) is 0.556. The number of rotatable bonds is 4. The summed E-state index contributed by atoms with van der Waals surface area (Å²) in [4.78, 5) is 4.19. The lowest BCUT2D eigenvalue weighted by Crippen LogP contribution is -2.16. The van der Waals surface area contributed by atoms with Crippen LogP contribution in [-0.4, -0.2) is 34.6 Å². The third-order valence-electron chi connectivity index (χ3n) is 3.89. The number of hydrogen-bond donors (Lipinski definition) is 0. The van der Waals surface area contributed by atoms with Crippen molar-refractivity contribution >= 4 is 5.65 Å². The molecule has 0 saturated heterocycles. The van der Waals surface area contributed by atoms with Crippen LogP contribution in [0.15, 0.2) is 35.2 Å². The summed E-state index contributed by atoms with van der Waals surface area (Å²) < 4.78 is 14.6. The van der Waals surface area contributed by atoms with Gasteiger partial charge in [-0.3, -0.25) is 4.68 Å². The number of ether oxygens (including phenoxy) is 1. The molecule has 4 rings (SSSR count). The lowest BCUT2D eigenvalue weighted by Gasteiger charge is -2.21. The van der Waals surface area contributed by atoms with Gasteiger partial charge in [-0.05, 0) is 23.6 Å². The maximum absolute atomic E-state index is 5.96. The van der Waals surface area contributed by atoms with Gasteiger partial charge in [0.05, 0.1) is 6.26 Å². The van der Waals surface area contributed by atoms with Gasteiger partial charge in [0.25, 0.3) is 0 Å². The Morgan fingerprint density at radius 2 is 2.04 bits per heavy atom. The molecule has 0 aliphatic heterocycles. The Morgan fingerprint density at radius 3 is 2.69 bits per heavy atom. The van der Waals surface area contributed by atoms with Crippen molar-refractivity contribution in [1.29, 1.82) is 0 Å². The van der Waals surface area contributed by atoms with Gasteiger partial charge in [-0.15, -0.1) is 15.3 Å². The summed E-state index contributed by atoms with van der Waals surface area (Å²) in [7, 11) is 1.81. The summed E-state index contributed by atoms with van der Waals surface area (Å²) >= 11 is 0. The smallest absolute Gasteiger partial charge is 0.236 e. The predicted molar refractivity (Wildman–Crippen MR) is 92.5 cm³/mol. The monoisotopic (exact) mass is 353 g/mol. The molecule has 0 bridgehead atoms. The fourth-order valence-electron chi connectivity index (χ4n) is 2.60. The number of furan rings is 1. The second-order valence-electron chi connectivity index (χ2n) is 7.01.